The van der Waals surface area contributed by atoms with E-state index >= 15 is 0 Å². The van der Waals surface area contributed by atoms with Gasteiger partial charge in [0.15, 0.2) is 0 Å². The molecular formula is C31H29F2NO. The van der Waals surface area contributed by atoms with Crippen molar-refractivity contribution in [2.24, 2.45) is 5.16 Å². The van der Waals surface area contributed by atoms with Crippen LogP contribution in [0.15, 0.2) is 114 Å². The predicted molar refractivity (Wildman–Crippen MR) is 138 cm³/mol. The van der Waals surface area contributed by atoms with Crippen molar-refractivity contribution in [1.29, 1.82) is 0 Å². The summed E-state index contributed by atoms with van der Waals surface area (Å²) in [6, 6.07) is 35.3. The Kier molecular flexibility index (Phi) is 8.39. The van der Waals surface area contributed by atoms with Crippen molar-refractivity contribution in [2.75, 3.05) is 13.3 Å². The van der Waals surface area contributed by atoms with E-state index in [4.69, 9.17) is 0 Å². The molecule has 2 nitrogen and oxygen atoms in total. The Morgan fingerprint density at radius 1 is 0.543 bits per heavy atom. The SMILES string of the molecule is ON=C(C(CF)c1ccc(Cc2ccccc2)cc1)C(CF)c1ccc(Cc2ccccc2)cc1. The van der Waals surface area contributed by atoms with Crippen LogP contribution in [0.1, 0.15) is 45.2 Å². The summed E-state index contributed by atoms with van der Waals surface area (Å²) in [5.41, 5.74) is 5.99. The van der Waals surface area contributed by atoms with Crippen LogP contribution in [0, 0.1) is 0 Å². The maximum atomic E-state index is 14.2. The van der Waals surface area contributed by atoms with Gasteiger partial charge in [-0.1, -0.05) is 114 Å². The third kappa shape index (κ3) is 6.21. The highest BCUT2D eigenvalue weighted by atomic mass is 19.1. The molecule has 0 bridgehead atoms. The number of halogens is 2. The topological polar surface area (TPSA) is 32.6 Å². The van der Waals surface area contributed by atoms with E-state index in [1.807, 2.05) is 84.9 Å². The van der Waals surface area contributed by atoms with E-state index in [0.29, 0.717) is 11.1 Å². The fraction of sp³-hybridized carbons (Fsp3) is 0.194. The van der Waals surface area contributed by atoms with Gasteiger partial charge in [-0.3, -0.25) is 8.78 Å². The molecule has 1 N–H and O–H groups in total. The highest BCUT2D eigenvalue weighted by Crippen LogP contribution is 2.30. The highest BCUT2D eigenvalue weighted by molar-refractivity contribution is 5.96. The van der Waals surface area contributed by atoms with Crippen LogP contribution < -0.4 is 0 Å². The molecule has 0 aliphatic heterocycles. The summed E-state index contributed by atoms with van der Waals surface area (Å²) in [5.74, 6) is -1.65. The van der Waals surface area contributed by atoms with Crippen molar-refractivity contribution < 1.29 is 14.0 Å². The second-order valence-corrected chi connectivity index (χ2v) is 8.75. The first-order valence-electron chi connectivity index (χ1n) is 11.8. The summed E-state index contributed by atoms with van der Waals surface area (Å²) in [4.78, 5) is 0. The van der Waals surface area contributed by atoms with Gasteiger partial charge in [0, 0.05) is 0 Å². The number of alkyl halides is 2. The van der Waals surface area contributed by atoms with E-state index in [0.717, 1.165) is 24.0 Å². The van der Waals surface area contributed by atoms with Gasteiger partial charge < -0.3 is 5.21 Å². The Hall–Kier alpha value is -3.79. The van der Waals surface area contributed by atoms with E-state index in [-0.39, 0.29) is 5.71 Å². The molecule has 2 atom stereocenters. The van der Waals surface area contributed by atoms with Crippen LogP contribution in [-0.4, -0.2) is 24.3 Å². The summed E-state index contributed by atoms with van der Waals surface area (Å²) < 4.78 is 28.5. The summed E-state index contributed by atoms with van der Waals surface area (Å²) in [6.45, 7) is -1.56. The number of benzene rings is 4. The largest absolute Gasteiger partial charge is 0.411 e. The molecule has 4 heteroatoms. The summed E-state index contributed by atoms with van der Waals surface area (Å²) in [7, 11) is 0. The van der Waals surface area contributed by atoms with Gasteiger partial charge in [-0.15, -0.1) is 0 Å². The molecule has 0 radical (unpaired) electrons. The summed E-state index contributed by atoms with van der Waals surface area (Å²) >= 11 is 0. The lowest BCUT2D eigenvalue weighted by atomic mass is 9.83. The van der Waals surface area contributed by atoms with Crippen LogP contribution >= 0.6 is 0 Å². The molecule has 4 aromatic rings. The van der Waals surface area contributed by atoms with Gasteiger partial charge in [-0.2, -0.15) is 0 Å². The molecule has 0 aliphatic rings. The molecule has 4 aromatic carbocycles. The van der Waals surface area contributed by atoms with Crippen LogP contribution in [0.2, 0.25) is 0 Å². The Morgan fingerprint density at radius 3 is 1.20 bits per heavy atom. The fourth-order valence-electron chi connectivity index (χ4n) is 4.46. The first-order valence-corrected chi connectivity index (χ1v) is 11.8. The van der Waals surface area contributed by atoms with Crippen LogP contribution in [0.3, 0.4) is 0 Å². The monoisotopic (exact) mass is 469 g/mol. The van der Waals surface area contributed by atoms with Crippen molar-refractivity contribution in [1.82, 2.24) is 0 Å². The molecular weight excluding hydrogens is 440 g/mol. The highest BCUT2D eigenvalue weighted by Gasteiger charge is 2.28. The molecule has 0 saturated carbocycles. The minimum Gasteiger partial charge on any atom is -0.411 e. The fourth-order valence-corrected chi connectivity index (χ4v) is 4.46. The van der Waals surface area contributed by atoms with E-state index in [9.17, 15) is 14.0 Å². The minimum absolute atomic E-state index is 0.0987. The number of oxime groups is 1. The smallest absolute Gasteiger partial charge is 0.102 e. The van der Waals surface area contributed by atoms with Gasteiger partial charge >= 0.3 is 0 Å². The Labute approximate surface area is 205 Å². The van der Waals surface area contributed by atoms with E-state index in [1.54, 1.807) is 0 Å². The zero-order chi connectivity index (χ0) is 24.5. The molecule has 0 amide bonds. The van der Waals surface area contributed by atoms with Crippen molar-refractivity contribution in [2.45, 2.75) is 24.7 Å². The van der Waals surface area contributed by atoms with Crippen LogP contribution in [-0.2, 0) is 12.8 Å². The van der Waals surface area contributed by atoms with Gasteiger partial charge in [0.25, 0.3) is 0 Å². The lowest BCUT2D eigenvalue weighted by Gasteiger charge is -2.22. The Balaban J connectivity index is 1.51. The number of hydrogen-bond acceptors (Lipinski definition) is 2. The maximum Gasteiger partial charge on any atom is 0.102 e. The molecule has 4 rings (SSSR count). The summed E-state index contributed by atoms with van der Waals surface area (Å²) in [6.07, 6.45) is 1.54. The molecule has 0 aliphatic carbocycles. The Bertz CT molecular complexity index is 1110. The Morgan fingerprint density at radius 2 is 0.886 bits per heavy atom. The van der Waals surface area contributed by atoms with E-state index in [2.05, 4.69) is 29.4 Å². The van der Waals surface area contributed by atoms with E-state index < -0.39 is 25.2 Å². The van der Waals surface area contributed by atoms with Gasteiger partial charge in [0.2, 0.25) is 0 Å². The lowest BCUT2D eigenvalue weighted by Crippen LogP contribution is -2.24. The lowest BCUT2D eigenvalue weighted by molar-refractivity contribution is 0.309. The summed E-state index contributed by atoms with van der Waals surface area (Å²) in [5, 5.41) is 13.2. The quantitative estimate of drug-likeness (QED) is 0.146. The van der Waals surface area contributed by atoms with Crippen molar-refractivity contribution in [3.8, 4) is 0 Å². The van der Waals surface area contributed by atoms with Gasteiger partial charge in [0.1, 0.15) is 13.3 Å². The van der Waals surface area contributed by atoms with Gasteiger partial charge in [-0.25, -0.2) is 0 Å². The maximum absolute atomic E-state index is 14.2. The first-order chi connectivity index (χ1) is 17.2. The molecule has 0 fully saturated rings. The first kappa shape index (κ1) is 24.3. The van der Waals surface area contributed by atoms with Crippen molar-refractivity contribution in [3.05, 3.63) is 143 Å². The average molecular weight is 470 g/mol. The van der Waals surface area contributed by atoms with Crippen LogP contribution in [0.25, 0.3) is 0 Å². The third-order valence-electron chi connectivity index (χ3n) is 6.40. The van der Waals surface area contributed by atoms with Crippen molar-refractivity contribution >= 4 is 5.71 Å². The number of rotatable bonds is 10. The van der Waals surface area contributed by atoms with Crippen LogP contribution in [0.5, 0.6) is 0 Å². The molecule has 0 aromatic heterocycles. The van der Waals surface area contributed by atoms with E-state index in [1.165, 1.54) is 11.1 Å². The molecule has 0 heterocycles. The second kappa shape index (κ2) is 12.1. The average Bonchev–Trinajstić information content (AvgIpc) is 2.91. The molecule has 178 valence electrons. The zero-order valence-corrected chi connectivity index (χ0v) is 19.5. The predicted octanol–water partition coefficient (Wildman–Crippen LogP) is 7.50. The normalized spacial score (nSPS) is 12.6. The van der Waals surface area contributed by atoms with Gasteiger partial charge in [0.05, 0.1) is 17.5 Å². The standard InChI is InChI=1S/C31H29F2NO/c32-21-29(27-15-11-25(12-16-27)19-23-7-3-1-4-8-23)31(34-35)30(22-33)28-17-13-26(14-18-28)20-24-9-5-2-6-10-24/h1-18,29-30,35H,19-22H2. The van der Waals surface area contributed by atoms with Crippen molar-refractivity contribution in [3.63, 3.8) is 0 Å². The zero-order valence-electron chi connectivity index (χ0n) is 19.5. The molecule has 0 saturated heterocycles. The van der Waals surface area contributed by atoms with Gasteiger partial charge in [-0.05, 0) is 46.2 Å². The number of hydrogen-bond donors (Lipinski definition) is 1. The molecule has 2 unspecified atom stereocenters. The molecule has 0 spiro atoms. The van der Waals surface area contributed by atoms with Crippen LogP contribution in [0.4, 0.5) is 8.78 Å². The second-order valence-electron chi connectivity index (χ2n) is 8.75. The minimum atomic E-state index is -0.824. The third-order valence-corrected chi connectivity index (χ3v) is 6.40. The molecule has 35 heavy (non-hydrogen) atoms. The number of nitrogens with zero attached hydrogens (tertiary/aromatic N) is 1.